The van der Waals surface area contributed by atoms with E-state index in [1.807, 2.05) is 0 Å². The molecule has 2 aliphatic rings. The molecular weight excluding hydrogens is 528 g/mol. The van der Waals surface area contributed by atoms with Crippen molar-refractivity contribution >= 4 is 75.5 Å². The summed E-state index contributed by atoms with van der Waals surface area (Å²) in [5.74, 6) is -5.15. The van der Waals surface area contributed by atoms with Crippen molar-refractivity contribution in [2.24, 2.45) is 5.92 Å². The van der Waals surface area contributed by atoms with Crippen molar-refractivity contribution in [3.05, 3.63) is 62.6 Å². The van der Waals surface area contributed by atoms with Gasteiger partial charge < -0.3 is 10.6 Å². The lowest BCUT2D eigenvalue weighted by Gasteiger charge is -2.35. The minimum absolute atomic E-state index is 0.0525. The topological polar surface area (TPSA) is 58.2 Å². The van der Waals surface area contributed by atoms with E-state index in [2.05, 4.69) is 10.6 Å². The molecule has 0 heterocycles. The lowest BCUT2D eigenvalue weighted by Crippen LogP contribution is -2.50. The molecule has 0 aromatic heterocycles. The van der Waals surface area contributed by atoms with Gasteiger partial charge >= 0.3 is 0 Å². The van der Waals surface area contributed by atoms with Crippen molar-refractivity contribution in [3.8, 4) is 0 Å². The molecular formula is C21H15Cl5F2N2O2. The number of nitrogens with one attached hydrogen (secondary N) is 2. The molecule has 2 aromatic carbocycles. The van der Waals surface area contributed by atoms with Gasteiger partial charge in [-0.1, -0.05) is 34.8 Å². The number of amides is 2. The van der Waals surface area contributed by atoms with Crippen molar-refractivity contribution in [1.29, 1.82) is 0 Å². The van der Waals surface area contributed by atoms with Crippen LogP contribution in [0.25, 0.3) is 0 Å². The third-order valence-electron chi connectivity index (χ3n) is 5.48. The van der Waals surface area contributed by atoms with Crippen LogP contribution in [0.3, 0.4) is 0 Å². The van der Waals surface area contributed by atoms with Gasteiger partial charge in [0.15, 0.2) is 0 Å². The summed E-state index contributed by atoms with van der Waals surface area (Å²) < 4.78 is 24.7. The molecule has 0 saturated heterocycles. The zero-order chi connectivity index (χ0) is 23.4. The summed E-state index contributed by atoms with van der Waals surface area (Å²) in [5, 5.41) is 6.08. The second-order valence-electron chi connectivity index (χ2n) is 7.95. The lowest BCUT2D eigenvalue weighted by molar-refractivity contribution is -0.117. The highest BCUT2D eigenvalue weighted by atomic mass is 35.5. The maximum Gasteiger partial charge on any atom is 0.253 e. The first-order chi connectivity index (χ1) is 14.9. The monoisotopic (exact) mass is 540 g/mol. The van der Waals surface area contributed by atoms with Gasteiger partial charge in [-0.15, -0.1) is 23.2 Å². The molecule has 2 amide bonds. The number of hydrogen-bond donors (Lipinski definition) is 2. The quantitative estimate of drug-likeness (QED) is 0.413. The number of carbonyl (C=O) groups is 2. The Morgan fingerprint density at radius 2 is 1.59 bits per heavy atom. The predicted molar refractivity (Wildman–Crippen MR) is 123 cm³/mol. The minimum atomic E-state index is -2.76. The highest BCUT2D eigenvalue weighted by Gasteiger charge is 2.67. The minimum Gasteiger partial charge on any atom is -0.349 e. The lowest BCUT2D eigenvalue weighted by atomic mass is 9.88. The van der Waals surface area contributed by atoms with Crippen LogP contribution < -0.4 is 10.6 Å². The van der Waals surface area contributed by atoms with Crippen molar-refractivity contribution < 1.29 is 18.4 Å². The average Bonchev–Trinajstić information content (AvgIpc) is 3.23. The maximum absolute atomic E-state index is 13.0. The second kappa shape index (κ2) is 8.48. The molecule has 11 heteroatoms. The highest BCUT2D eigenvalue weighted by Crippen LogP contribution is 2.65. The molecule has 170 valence electrons. The van der Waals surface area contributed by atoms with Gasteiger partial charge in [-0.2, -0.15) is 0 Å². The van der Waals surface area contributed by atoms with Crippen LogP contribution >= 0.6 is 58.0 Å². The van der Waals surface area contributed by atoms with Crippen LogP contribution in [0.5, 0.6) is 0 Å². The maximum atomic E-state index is 13.0. The zero-order valence-electron chi connectivity index (χ0n) is 16.1. The van der Waals surface area contributed by atoms with E-state index >= 15 is 0 Å². The largest absolute Gasteiger partial charge is 0.349 e. The van der Waals surface area contributed by atoms with E-state index in [0.717, 1.165) is 0 Å². The Bertz CT molecular complexity index is 1080. The van der Waals surface area contributed by atoms with Gasteiger partial charge in [0.05, 0.1) is 16.5 Å². The Morgan fingerprint density at radius 3 is 2.19 bits per heavy atom. The first kappa shape index (κ1) is 23.8. The summed E-state index contributed by atoms with van der Waals surface area (Å²) in [4.78, 5) is 25.3. The molecule has 2 aliphatic carbocycles. The van der Waals surface area contributed by atoms with Crippen LogP contribution in [0, 0.1) is 5.92 Å². The van der Waals surface area contributed by atoms with Crippen molar-refractivity contribution in [2.45, 2.75) is 35.1 Å². The molecule has 1 unspecified atom stereocenters. The molecule has 2 aromatic rings. The second-order valence-corrected chi connectivity index (χ2v) is 10.7. The van der Waals surface area contributed by atoms with Gasteiger partial charge in [0, 0.05) is 40.5 Å². The number of hydrogen-bond acceptors (Lipinski definition) is 2. The van der Waals surface area contributed by atoms with E-state index in [1.165, 1.54) is 18.2 Å². The molecule has 0 aliphatic heterocycles. The zero-order valence-corrected chi connectivity index (χ0v) is 19.9. The van der Waals surface area contributed by atoms with E-state index in [1.54, 1.807) is 18.2 Å². The number of benzene rings is 2. The van der Waals surface area contributed by atoms with E-state index in [9.17, 15) is 18.4 Å². The molecule has 2 fully saturated rings. The van der Waals surface area contributed by atoms with E-state index < -0.39 is 52.8 Å². The Morgan fingerprint density at radius 1 is 0.969 bits per heavy atom. The molecule has 32 heavy (non-hydrogen) atoms. The van der Waals surface area contributed by atoms with Gasteiger partial charge in [0.2, 0.25) is 5.91 Å². The van der Waals surface area contributed by atoms with Crippen LogP contribution in [-0.2, 0) is 4.79 Å². The molecule has 4 nitrogen and oxygen atoms in total. The smallest absolute Gasteiger partial charge is 0.253 e. The molecule has 2 N–H and O–H groups in total. The Hall–Kier alpha value is -1.31. The van der Waals surface area contributed by atoms with Crippen LogP contribution in [0.2, 0.25) is 15.1 Å². The normalized spacial score (nSPS) is 23.2. The van der Waals surface area contributed by atoms with Crippen LogP contribution in [0.4, 0.5) is 14.5 Å². The predicted octanol–water partition coefficient (Wildman–Crippen LogP) is 6.70. The molecule has 0 radical (unpaired) electrons. The molecule has 0 spiro atoms. The number of carbonyl (C=O) groups excluding carboxylic acids is 2. The fraction of sp³-hybridized carbons (Fsp3) is 0.333. The fourth-order valence-electron chi connectivity index (χ4n) is 3.85. The van der Waals surface area contributed by atoms with Gasteiger partial charge in [0.1, 0.15) is 4.33 Å². The van der Waals surface area contributed by atoms with Gasteiger partial charge in [-0.25, -0.2) is 8.78 Å². The van der Waals surface area contributed by atoms with Crippen LogP contribution in [-0.4, -0.2) is 28.1 Å². The van der Waals surface area contributed by atoms with Crippen LogP contribution in [0.15, 0.2) is 36.4 Å². The SMILES string of the molecule is O=C(NC1CC(F)(F)C1)c1cc(NC(=O)C2[C@H](c3cc(Cl)cc(Cl)c3)C2(Cl)Cl)ccc1Cl. The Labute approximate surface area is 207 Å². The average molecular weight is 543 g/mol. The number of alkyl halides is 4. The molecule has 0 bridgehead atoms. The third-order valence-corrected chi connectivity index (χ3v) is 7.19. The molecule has 2 saturated carbocycles. The summed E-state index contributed by atoms with van der Waals surface area (Å²) in [7, 11) is 0. The standard InChI is InChI=1S/C21H15Cl5F2N2O2/c22-10-3-9(4-11(23)5-10)16-17(21(16,25)26)19(32)29-12-1-2-15(24)14(6-12)18(31)30-13-7-20(27,28)8-13/h1-6,13,16-17H,7-8H2,(H,29,32)(H,30,31)/t16-,17?/m0/s1. The summed E-state index contributed by atoms with van der Waals surface area (Å²) >= 11 is 30.9. The van der Waals surface area contributed by atoms with E-state index in [4.69, 9.17) is 58.0 Å². The first-order valence-electron chi connectivity index (χ1n) is 9.50. The number of anilines is 1. The van der Waals surface area contributed by atoms with Crippen molar-refractivity contribution in [2.75, 3.05) is 5.32 Å². The highest BCUT2D eigenvalue weighted by molar-refractivity contribution is 6.53. The third kappa shape index (κ3) is 4.80. The first-order valence-corrected chi connectivity index (χ1v) is 11.4. The summed E-state index contributed by atoms with van der Waals surface area (Å²) in [5.41, 5.74) is 0.959. The van der Waals surface area contributed by atoms with Crippen LogP contribution in [0.1, 0.15) is 34.7 Å². The van der Waals surface area contributed by atoms with Gasteiger partial charge in [0.25, 0.3) is 11.8 Å². The van der Waals surface area contributed by atoms with E-state index in [0.29, 0.717) is 15.6 Å². The fourth-order valence-corrected chi connectivity index (χ4v) is 5.42. The van der Waals surface area contributed by atoms with Crippen molar-refractivity contribution in [3.63, 3.8) is 0 Å². The van der Waals surface area contributed by atoms with Gasteiger partial charge in [-0.05, 0) is 42.0 Å². The molecule has 4 rings (SSSR count). The Kier molecular flexibility index (Phi) is 6.31. The number of halogens is 7. The number of rotatable bonds is 5. The van der Waals surface area contributed by atoms with Crippen molar-refractivity contribution in [1.82, 2.24) is 5.32 Å². The summed E-state index contributed by atoms with van der Waals surface area (Å²) in [6.45, 7) is 0. The van der Waals surface area contributed by atoms with Gasteiger partial charge in [-0.3, -0.25) is 9.59 Å². The molecule has 2 atom stereocenters. The van der Waals surface area contributed by atoms with E-state index in [-0.39, 0.29) is 16.3 Å². The Balaban J connectivity index is 1.46. The summed E-state index contributed by atoms with van der Waals surface area (Å²) in [6, 6.07) is 8.50. The summed E-state index contributed by atoms with van der Waals surface area (Å²) in [6.07, 6.45) is -0.839.